The highest BCUT2D eigenvalue weighted by atomic mass is 35.5. The number of hydrogen-bond acceptors (Lipinski definition) is 2. The molecule has 0 aromatic heterocycles. The van der Waals surface area contributed by atoms with Gasteiger partial charge in [-0.1, -0.05) is 47.3 Å². The van der Waals surface area contributed by atoms with Gasteiger partial charge in [-0.15, -0.1) is 0 Å². The van der Waals surface area contributed by atoms with Crippen LogP contribution in [-0.4, -0.2) is 41.5 Å². The van der Waals surface area contributed by atoms with Crippen LogP contribution in [0, 0.1) is 11.8 Å². The second kappa shape index (κ2) is 7.13. The molecular weight excluding hydrogens is 363 g/mol. The van der Waals surface area contributed by atoms with Crippen LogP contribution in [0.3, 0.4) is 0 Å². The highest BCUT2D eigenvalue weighted by molar-refractivity contribution is 6.35. The van der Waals surface area contributed by atoms with E-state index in [1.807, 2.05) is 18.2 Å². The topological polar surface area (TPSA) is 6.48 Å². The van der Waals surface area contributed by atoms with E-state index in [4.69, 9.17) is 23.2 Å². The average molecular weight is 391 g/mol. The lowest BCUT2D eigenvalue weighted by molar-refractivity contribution is -0.00263. The zero-order valence-corrected chi connectivity index (χ0v) is 16.9. The predicted octanol–water partition coefficient (Wildman–Crippen LogP) is 5.39. The van der Waals surface area contributed by atoms with Crippen LogP contribution in [0.1, 0.15) is 44.1 Å². The maximum atomic E-state index is 6.49. The maximum absolute atomic E-state index is 6.49. The highest BCUT2D eigenvalue weighted by Crippen LogP contribution is 2.45. The van der Waals surface area contributed by atoms with Crippen molar-refractivity contribution >= 4 is 23.2 Å². The van der Waals surface area contributed by atoms with Crippen LogP contribution in [-0.2, 0) is 6.54 Å². The van der Waals surface area contributed by atoms with E-state index in [9.17, 15) is 0 Å². The fraction of sp³-hybridized carbons (Fsp3) is 0.636. The first-order valence-electron chi connectivity index (χ1n) is 10.3. The molecule has 0 N–H and O–H groups in total. The van der Waals surface area contributed by atoms with Crippen molar-refractivity contribution < 1.29 is 0 Å². The largest absolute Gasteiger partial charge is 0.299 e. The molecule has 4 aliphatic rings. The lowest BCUT2D eigenvalue weighted by Gasteiger charge is -2.55. The number of hydrogen-bond donors (Lipinski definition) is 0. The molecule has 1 aromatic carbocycles. The van der Waals surface area contributed by atoms with Crippen molar-refractivity contribution in [1.82, 2.24) is 9.80 Å². The van der Waals surface area contributed by atoms with Gasteiger partial charge in [0.15, 0.2) is 0 Å². The molecule has 1 aliphatic carbocycles. The van der Waals surface area contributed by atoms with Gasteiger partial charge in [-0.3, -0.25) is 9.80 Å². The van der Waals surface area contributed by atoms with Gasteiger partial charge in [0.05, 0.1) is 0 Å². The quantitative estimate of drug-likeness (QED) is 0.624. The minimum absolute atomic E-state index is 0.593. The summed E-state index contributed by atoms with van der Waals surface area (Å²) in [4.78, 5) is 5.48. The van der Waals surface area contributed by atoms with Crippen LogP contribution in [0.2, 0.25) is 10.0 Å². The van der Waals surface area contributed by atoms with Gasteiger partial charge in [-0.05, 0) is 69.2 Å². The van der Waals surface area contributed by atoms with Gasteiger partial charge in [0, 0.05) is 40.8 Å². The number of piperidine rings is 3. The van der Waals surface area contributed by atoms with Gasteiger partial charge in [-0.25, -0.2) is 0 Å². The fourth-order valence-corrected chi connectivity index (χ4v) is 6.66. The monoisotopic (exact) mass is 390 g/mol. The van der Waals surface area contributed by atoms with E-state index in [1.165, 1.54) is 51.6 Å². The second-order valence-electron chi connectivity index (χ2n) is 8.68. The molecule has 0 unspecified atom stereocenters. The van der Waals surface area contributed by atoms with Crippen molar-refractivity contribution in [3.63, 3.8) is 0 Å². The minimum atomic E-state index is 0.593. The van der Waals surface area contributed by atoms with E-state index in [1.54, 1.807) is 5.57 Å². The van der Waals surface area contributed by atoms with E-state index < -0.39 is 0 Å². The Labute approximate surface area is 167 Å². The Hall–Kier alpha value is -0.540. The van der Waals surface area contributed by atoms with Gasteiger partial charge in [0.25, 0.3) is 0 Å². The summed E-state index contributed by atoms with van der Waals surface area (Å²) in [6.45, 7) is 4.64. The SMILES string of the molecule is Clc1cccc(Cl)c1CN1CCCC2=C[C@H]3C[C@@H](CN4CCCC[C@H]34)[C@@H]21. The Balaban J connectivity index is 1.44. The molecule has 140 valence electrons. The summed E-state index contributed by atoms with van der Waals surface area (Å²) in [7, 11) is 0. The molecule has 1 aromatic rings. The molecule has 0 saturated carbocycles. The second-order valence-corrected chi connectivity index (χ2v) is 9.49. The molecule has 2 bridgehead atoms. The standard InChI is InChI=1S/C22H28Cl2N2/c23-19-6-3-7-20(24)18(19)14-26-10-4-5-15-11-16-12-17(22(15)26)13-25-9-2-1-8-21(16)25/h3,6-7,11,16-17,21-22H,1-2,4-5,8-10,12-14H2/t16-,17-,21+,22+/m0/s1. The predicted molar refractivity (Wildman–Crippen MR) is 109 cm³/mol. The molecular formula is C22H28Cl2N2. The van der Waals surface area contributed by atoms with Crippen molar-refractivity contribution in [1.29, 1.82) is 0 Å². The molecule has 0 amide bonds. The molecule has 2 nitrogen and oxygen atoms in total. The molecule has 3 saturated heterocycles. The van der Waals surface area contributed by atoms with Crippen molar-refractivity contribution in [3.05, 3.63) is 45.5 Å². The maximum Gasteiger partial charge on any atom is 0.0465 e. The van der Waals surface area contributed by atoms with Crippen molar-refractivity contribution in [3.8, 4) is 0 Å². The van der Waals surface area contributed by atoms with E-state index in [0.29, 0.717) is 6.04 Å². The summed E-state index contributed by atoms with van der Waals surface area (Å²) in [6.07, 6.45) is 10.8. The normalized spacial score (nSPS) is 34.8. The number of fused-ring (bicyclic) bond motifs is 6. The third-order valence-electron chi connectivity index (χ3n) is 7.18. The minimum Gasteiger partial charge on any atom is -0.299 e. The van der Waals surface area contributed by atoms with Gasteiger partial charge >= 0.3 is 0 Å². The summed E-state index contributed by atoms with van der Waals surface area (Å²) < 4.78 is 0. The molecule has 3 fully saturated rings. The third kappa shape index (κ3) is 3.03. The van der Waals surface area contributed by atoms with Gasteiger partial charge in [0.2, 0.25) is 0 Å². The van der Waals surface area contributed by atoms with Crippen molar-refractivity contribution in [2.45, 2.75) is 57.2 Å². The number of likely N-dealkylation sites (tertiary alicyclic amines) is 1. The van der Waals surface area contributed by atoms with E-state index in [0.717, 1.165) is 46.6 Å². The summed E-state index contributed by atoms with van der Waals surface area (Å²) in [5.74, 6) is 1.57. The molecule has 5 rings (SSSR count). The molecule has 4 atom stereocenters. The Morgan fingerprint density at radius 3 is 2.73 bits per heavy atom. The average Bonchev–Trinajstić information content (AvgIpc) is 2.65. The first-order chi connectivity index (χ1) is 12.7. The van der Waals surface area contributed by atoms with E-state index >= 15 is 0 Å². The first kappa shape index (κ1) is 17.6. The molecule has 0 radical (unpaired) electrons. The number of nitrogens with zero attached hydrogens (tertiary/aromatic N) is 2. The lowest BCUT2D eigenvalue weighted by atomic mass is 9.68. The summed E-state index contributed by atoms with van der Waals surface area (Å²) in [5.41, 5.74) is 2.82. The lowest BCUT2D eigenvalue weighted by Crippen LogP contribution is -2.59. The molecule has 3 heterocycles. The number of benzene rings is 1. The Morgan fingerprint density at radius 2 is 1.88 bits per heavy atom. The first-order valence-corrected chi connectivity index (χ1v) is 11.1. The van der Waals surface area contributed by atoms with Gasteiger partial charge in [0.1, 0.15) is 0 Å². The van der Waals surface area contributed by atoms with Crippen LogP contribution < -0.4 is 0 Å². The van der Waals surface area contributed by atoms with Crippen LogP contribution in [0.4, 0.5) is 0 Å². The smallest absolute Gasteiger partial charge is 0.0465 e. The summed E-state index contributed by atoms with van der Waals surface area (Å²) in [6, 6.07) is 7.30. The highest BCUT2D eigenvalue weighted by Gasteiger charge is 2.45. The third-order valence-corrected chi connectivity index (χ3v) is 7.89. The van der Waals surface area contributed by atoms with E-state index in [2.05, 4.69) is 15.9 Å². The molecule has 26 heavy (non-hydrogen) atoms. The summed E-state index contributed by atoms with van der Waals surface area (Å²) in [5, 5.41) is 1.61. The zero-order valence-electron chi connectivity index (χ0n) is 15.3. The summed E-state index contributed by atoms with van der Waals surface area (Å²) >= 11 is 13.0. The van der Waals surface area contributed by atoms with E-state index in [-0.39, 0.29) is 0 Å². The Kier molecular flexibility index (Phi) is 4.81. The zero-order chi connectivity index (χ0) is 17.7. The van der Waals surface area contributed by atoms with Crippen LogP contribution in [0.15, 0.2) is 29.8 Å². The van der Waals surface area contributed by atoms with Crippen molar-refractivity contribution in [2.75, 3.05) is 19.6 Å². The fourth-order valence-electron chi connectivity index (χ4n) is 6.15. The van der Waals surface area contributed by atoms with Crippen LogP contribution in [0.25, 0.3) is 0 Å². The molecule has 3 aliphatic heterocycles. The van der Waals surface area contributed by atoms with Gasteiger partial charge in [-0.2, -0.15) is 0 Å². The number of halogens is 2. The van der Waals surface area contributed by atoms with Gasteiger partial charge < -0.3 is 0 Å². The Morgan fingerprint density at radius 1 is 1.04 bits per heavy atom. The van der Waals surface area contributed by atoms with Crippen LogP contribution in [0.5, 0.6) is 0 Å². The van der Waals surface area contributed by atoms with Crippen molar-refractivity contribution in [2.24, 2.45) is 11.8 Å². The van der Waals surface area contributed by atoms with Crippen LogP contribution >= 0.6 is 23.2 Å². The Bertz CT molecular complexity index is 696. The molecule has 0 spiro atoms. The molecule has 4 heteroatoms. The number of rotatable bonds is 2.